The first-order valence-electron chi connectivity index (χ1n) is 17.5. The van der Waals surface area contributed by atoms with Crippen molar-refractivity contribution in [1.82, 2.24) is 34.0 Å². The van der Waals surface area contributed by atoms with Crippen molar-refractivity contribution in [2.75, 3.05) is 36.5 Å². The van der Waals surface area contributed by atoms with Gasteiger partial charge in [-0.25, -0.2) is 9.97 Å². The number of hydrogen-bond donors (Lipinski definition) is 2. The Hall–Kier alpha value is -4.84. The summed E-state index contributed by atoms with van der Waals surface area (Å²) in [6, 6.07) is -0.610. The molecule has 18 heteroatoms. The van der Waals surface area contributed by atoms with E-state index in [1.807, 2.05) is 11.8 Å². The molecule has 2 fully saturated rings. The number of fused-ring (bicyclic) bond motifs is 2. The first-order chi connectivity index (χ1) is 25.1. The van der Waals surface area contributed by atoms with E-state index in [1.165, 1.54) is 23.2 Å². The highest BCUT2D eigenvalue weighted by molar-refractivity contribution is 7.10. The summed E-state index contributed by atoms with van der Waals surface area (Å²) in [5.41, 5.74) is 0.810. The number of nitrogens with one attached hydrogen (secondary N) is 1. The first-order valence-corrected chi connectivity index (χ1v) is 17.4. The van der Waals surface area contributed by atoms with Gasteiger partial charge in [0.1, 0.15) is 23.4 Å². The molecule has 2 N–H and O–H groups in total. The molecule has 0 bridgehead atoms. The van der Waals surface area contributed by atoms with Crippen LogP contribution in [0.25, 0.3) is 11.4 Å². The number of ether oxygens (including phenoxy) is 1. The van der Waals surface area contributed by atoms with Gasteiger partial charge in [-0.2, -0.15) is 22.7 Å². The average molecular weight is 730 g/mol. The predicted molar refractivity (Wildman–Crippen MR) is 181 cm³/mol. The molecule has 0 aromatic carbocycles. The summed E-state index contributed by atoms with van der Waals surface area (Å²) in [6.07, 6.45) is 0.0467. The quantitative estimate of drug-likeness (QED) is 0.285. The lowest BCUT2D eigenvalue weighted by atomic mass is 9.81. The highest BCUT2D eigenvalue weighted by atomic mass is 32.1. The Morgan fingerprint density at radius 3 is 2.69 bits per heavy atom. The molecule has 0 radical (unpaired) electrons. The zero-order chi connectivity index (χ0) is 38.0. The molecule has 2 aliphatic heterocycles. The van der Waals surface area contributed by atoms with Gasteiger partial charge in [0.15, 0.2) is 17.3 Å². The van der Waals surface area contributed by atoms with Crippen LogP contribution in [0.15, 0.2) is 22.6 Å². The molecule has 2 atom stereocenters. The normalized spacial score (nSPS) is 20.9. The summed E-state index contributed by atoms with van der Waals surface area (Å²) in [5.74, 6) is -1.22. The third-order valence-electron chi connectivity index (χ3n) is 9.67. The number of hydrogen-bond acceptors (Lipinski definition) is 11. The van der Waals surface area contributed by atoms with Gasteiger partial charge in [0.2, 0.25) is 11.7 Å². The number of carbonyl (C=O) groups is 2. The predicted octanol–water partition coefficient (Wildman–Crippen LogP) is 3.97. The van der Waals surface area contributed by atoms with Crippen molar-refractivity contribution in [3.63, 3.8) is 0 Å². The molecule has 0 spiro atoms. The van der Waals surface area contributed by atoms with Crippen LogP contribution >= 0.6 is 11.3 Å². The van der Waals surface area contributed by atoms with Gasteiger partial charge in [-0.05, 0) is 57.1 Å². The van der Waals surface area contributed by atoms with Gasteiger partial charge >= 0.3 is 6.18 Å². The Labute approximate surface area is 296 Å². The van der Waals surface area contributed by atoms with Gasteiger partial charge < -0.3 is 29.5 Å². The summed E-state index contributed by atoms with van der Waals surface area (Å²) in [5, 5.41) is 18.9. The van der Waals surface area contributed by atoms with E-state index >= 15 is 0 Å². The van der Waals surface area contributed by atoms with Gasteiger partial charge in [-0.3, -0.25) is 14.4 Å². The number of alkyl halides is 3. The van der Waals surface area contributed by atoms with Gasteiger partial charge in [0.25, 0.3) is 11.5 Å². The second-order valence-corrected chi connectivity index (χ2v) is 13.5. The molecule has 4 aromatic heterocycles. The molecule has 4 aromatic rings. The minimum atomic E-state index is -4.58. The Bertz CT molecular complexity index is 2220. The SMILES string of the molecule is [2H]C1([2H])CCC(c2nc3n(CC(=O)Nc4csc(C(F)(F)F)c4C)c(CC)c(N4CCN(C(=O)c5ncnc(C)c5O)[C@H]5CC[C@@H]54)c(=O)n3n2)=CCO1. The molecule has 14 nitrogen and oxygen atoms in total. The second kappa shape index (κ2) is 13.4. The molecule has 3 aliphatic rings. The Morgan fingerprint density at radius 2 is 1.98 bits per heavy atom. The van der Waals surface area contributed by atoms with Gasteiger partial charge in [-0.15, -0.1) is 16.4 Å². The van der Waals surface area contributed by atoms with Crippen molar-refractivity contribution in [1.29, 1.82) is 0 Å². The Morgan fingerprint density at radius 1 is 1.20 bits per heavy atom. The lowest BCUT2D eigenvalue weighted by Gasteiger charge is -2.54. The Kier molecular flexibility index (Phi) is 8.41. The zero-order valence-corrected chi connectivity index (χ0v) is 28.8. The maximum atomic E-state index is 14.5. The largest absolute Gasteiger partial charge is 0.504 e. The van der Waals surface area contributed by atoms with E-state index < -0.39 is 41.5 Å². The van der Waals surface area contributed by atoms with Crippen LogP contribution in [0.2, 0.25) is 0 Å². The number of aromatic hydroxyl groups is 1. The van der Waals surface area contributed by atoms with Crippen molar-refractivity contribution in [2.24, 2.45) is 0 Å². The topological polar surface area (TPSA) is 160 Å². The highest BCUT2D eigenvalue weighted by Gasteiger charge is 2.47. The van der Waals surface area contributed by atoms with Crippen molar-refractivity contribution in [3.8, 4) is 5.75 Å². The molecule has 270 valence electrons. The molecule has 2 amide bonds. The van der Waals surface area contributed by atoms with E-state index in [1.54, 1.807) is 17.9 Å². The fourth-order valence-corrected chi connectivity index (χ4v) is 7.87. The molecule has 1 aliphatic carbocycles. The van der Waals surface area contributed by atoms with Crippen LogP contribution in [0, 0.1) is 13.8 Å². The van der Waals surface area contributed by atoms with Gasteiger partial charge in [-0.1, -0.05) is 13.0 Å². The van der Waals surface area contributed by atoms with Gasteiger partial charge in [0.05, 0.1) is 32.5 Å². The number of rotatable bonds is 7. The number of amides is 2. The summed E-state index contributed by atoms with van der Waals surface area (Å²) in [7, 11) is 0. The molecule has 6 heterocycles. The molecular weight excluding hydrogens is 691 g/mol. The summed E-state index contributed by atoms with van der Waals surface area (Å²) in [4.78, 5) is 57.1. The number of thiophene rings is 1. The standard InChI is InChI=1S/C33H36F3N9O5S/c1-4-21-26(42-10-11-43(23-8-7-22(23)42)30(48)25-27(47)18(3)37-16-38-25)31(49)45-32(40-29(41-45)19-6-5-12-50-13-9-19)44(21)14-24(46)39-20-15-51-28(17(20)2)33(34,35)36/h9,15-16,22-23,47H,4-8,10-14H2,1-3H3,(H,39,46)/t22-,23-/m0/s1/i12D2. The summed E-state index contributed by atoms with van der Waals surface area (Å²) < 4.78 is 64.5. The van der Waals surface area contributed by atoms with Crippen molar-refractivity contribution in [2.45, 2.75) is 77.7 Å². The van der Waals surface area contributed by atoms with E-state index in [0.717, 1.165) is 4.52 Å². The van der Waals surface area contributed by atoms with Crippen LogP contribution in [0.3, 0.4) is 0 Å². The van der Waals surface area contributed by atoms with Crippen LogP contribution in [-0.4, -0.2) is 89.3 Å². The molecular formula is C33H36F3N9O5S. The van der Waals surface area contributed by atoms with E-state index in [2.05, 4.69) is 25.4 Å². The molecule has 7 rings (SSSR count). The first kappa shape index (κ1) is 32.1. The second-order valence-electron chi connectivity index (χ2n) is 12.6. The van der Waals surface area contributed by atoms with E-state index in [-0.39, 0.29) is 96.7 Å². The number of carbonyl (C=O) groups excluding carboxylic acids is 2. The van der Waals surface area contributed by atoms with E-state index in [9.17, 15) is 32.7 Å². The number of halogens is 3. The monoisotopic (exact) mass is 729 g/mol. The number of nitrogens with zero attached hydrogens (tertiary/aromatic N) is 8. The number of anilines is 2. The van der Waals surface area contributed by atoms with Crippen molar-refractivity contribution < 1.29 is 35.3 Å². The molecule has 0 unspecified atom stereocenters. The van der Waals surface area contributed by atoms with Crippen LogP contribution < -0.4 is 15.8 Å². The van der Waals surface area contributed by atoms with Crippen LogP contribution in [-0.2, 0) is 28.7 Å². The minimum Gasteiger partial charge on any atom is -0.504 e. The van der Waals surface area contributed by atoms with Crippen LogP contribution in [0.5, 0.6) is 5.75 Å². The number of allylic oxidation sites excluding steroid dienone is 1. The number of piperazine rings is 1. The van der Waals surface area contributed by atoms with Crippen LogP contribution in [0.4, 0.5) is 24.5 Å². The maximum absolute atomic E-state index is 14.5. The summed E-state index contributed by atoms with van der Waals surface area (Å²) >= 11 is 0.481. The maximum Gasteiger partial charge on any atom is 0.425 e. The number of aromatic nitrogens is 6. The Balaban J connectivity index is 1.28. The van der Waals surface area contributed by atoms with Crippen LogP contribution in [0.1, 0.15) is 73.5 Å². The molecule has 51 heavy (non-hydrogen) atoms. The fourth-order valence-electron chi connectivity index (χ4n) is 6.98. The van der Waals surface area contributed by atoms with E-state index in [4.69, 9.17) is 7.48 Å². The lowest BCUT2D eigenvalue weighted by Crippen LogP contribution is -2.67. The number of aryl methyl sites for hydroxylation is 1. The molecule has 1 saturated heterocycles. The zero-order valence-electron chi connectivity index (χ0n) is 30.0. The fraction of sp³-hybridized carbons (Fsp3) is 0.485. The van der Waals surface area contributed by atoms with Crippen molar-refractivity contribution in [3.05, 3.63) is 61.5 Å². The summed E-state index contributed by atoms with van der Waals surface area (Å²) in [6.45, 7) is 2.75. The molecule has 1 saturated carbocycles. The minimum absolute atomic E-state index is 0.0187. The smallest absolute Gasteiger partial charge is 0.425 e. The van der Waals surface area contributed by atoms with Gasteiger partial charge in [0, 0.05) is 31.1 Å². The van der Waals surface area contributed by atoms with Crippen molar-refractivity contribution >= 4 is 45.9 Å². The third kappa shape index (κ3) is 6.13. The van der Waals surface area contributed by atoms with E-state index in [0.29, 0.717) is 35.4 Å². The third-order valence-corrected chi connectivity index (χ3v) is 10.8. The lowest BCUT2D eigenvalue weighted by molar-refractivity contribution is -0.134. The highest BCUT2D eigenvalue weighted by Crippen LogP contribution is 2.40. The average Bonchev–Trinajstić information content (AvgIpc) is 3.64.